The summed E-state index contributed by atoms with van der Waals surface area (Å²) in [5.41, 5.74) is 9.27. The van der Waals surface area contributed by atoms with E-state index in [0.717, 1.165) is 36.9 Å². The number of carbonyl (C=O) groups is 1. The molecule has 0 radical (unpaired) electrons. The lowest BCUT2D eigenvalue weighted by atomic mass is 9.90. The number of aromatic amines is 1. The van der Waals surface area contributed by atoms with Crippen molar-refractivity contribution in [1.82, 2.24) is 20.1 Å². The van der Waals surface area contributed by atoms with Crippen LogP contribution in [0.1, 0.15) is 41.5 Å². The second-order valence-corrected chi connectivity index (χ2v) is 7.89. The Hall–Kier alpha value is -2.99. The van der Waals surface area contributed by atoms with Crippen LogP contribution < -0.4 is 5.73 Å². The van der Waals surface area contributed by atoms with Gasteiger partial charge in [-0.25, -0.2) is 0 Å². The second-order valence-electron chi connectivity index (χ2n) is 7.89. The summed E-state index contributed by atoms with van der Waals surface area (Å²) in [6.07, 6.45) is 3.58. The standard InChI is InChI=1S/C23H27N5O/c1-16(29)20-8-7-19(14-21(20)24)23-25-22(26-27-23)15-28-11-9-18(10-12-28)13-17-5-3-2-4-6-17/h2-8,14,18H,9-13,15,24H2,1H3,(H,25,26,27). The van der Waals surface area contributed by atoms with E-state index in [1.165, 1.54) is 31.7 Å². The predicted octanol–water partition coefficient (Wildman–Crippen LogP) is 3.71. The smallest absolute Gasteiger partial charge is 0.161 e. The number of piperidine rings is 1. The highest BCUT2D eigenvalue weighted by Crippen LogP contribution is 2.24. The van der Waals surface area contributed by atoms with Gasteiger partial charge in [0.15, 0.2) is 11.6 Å². The fraction of sp³-hybridized carbons (Fsp3) is 0.348. The van der Waals surface area contributed by atoms with Crippen molar-refractivity contribution < 1.29 is 4.79 Å². The first kappa shape index (κ1) is 19.3. The van der Waals surface area contributed by atoms with E-state index in [0.29, 0.717) is 17.1 Å². The largest absolute Gasteiger partial charge is 0.398 e. The molecule has 0 aliphatic carbocycles. The van der Waals surface area contributed by atoms with Crippen LogP contribution in [0, 0.1) is 5.92 Å². The quantitative estimate of drug-likeness (QED) is 0.496. The fourth-order valence-corrected chi connectivity index (χ4v) is 4.04. The number of carbonyl (C=O) groups excluding carboxylic acids is 1. The van der Waals surface area contributed by atoms with Crippen molar-refractivity contribution in [3.05, 3.63) is 65.5 Å². The zero-order valence-electron chi connectivity index (χ0n) is 16.8. The predicted molar refractivity (Wildman–Crippen MR) is 114 cm³/mol. The van der Waals surface area contributed by atoms with Gasteiger partial charge >= 0.3 is 0 Å². The third kappa shape index (κ3) is 4.71. The van der Waals surface area contributed by atoms with Crippen molar-refractivity contribution in [2.45, 2.75) is 32.7 Å². The van der Waals surface area contributed by atoms with E-state index in [2.05, 4.69) is 50.4 Å². The monoisotopic (exact) mass is 389 g/mol. The number of nitrogens with zero attached hydrogens (tertiary/aromatic N) is 3. The third-order valence-corrected chi connectivity index (χ3v) is 5.69. The number of hydrogen-bond acceptors (Lipinski definition) is 5. The van der Waals surface area contributed by atoms with Gasteiger partial charge in [-0.1, -0.05) is 36.4 Å². The minimum atomic E-state index is -0.0389. The summed E-state index contributed by atoms with van der Waals surface area (Å²) in [5.74, 6) is 2.25. The molecule has 0 amide bonds. The molecule has 3 aromatic rings. The minimum absolute atomic E-state index is 0.0389. The molecule has 29 heavy (non-hydrogen) atoms. The number of H-pyrrole nitrogens is 1. The fourth-order valence-electron chi connectivity index (χ4n) is 4.04. The first-order valence-electron chi connectivity index (χ1n) is 10.2. The first-order valence-corrected chi connectivity index (χ1v) is 10.2. The maximum atomic E-state index is 11.5. The van der Waals surface area contributed by atoms with E-state index >= 15 is 0 Å². The SMILES string of the molecule is CC(=O)c1ccc(-c2nnc(CN3CCC(Cc4ccccc4)CC3)[nH]2)cc1N. The van der Waals surface area contributed by atoms with Gasteiger partial charge in [0.05, 0.1) is 6.54 Å². The Kier molecular flexibility index (Phi) is 5.71. The molecular weight excluding hydrogens is 362 g/mol. The second kappa shape index (κ2) is 8.57. The molecule has 0 atom stereocenters. The van der Waals surface area contributed by atoms with Crippen LogP contribution in [0.4, 0.5) is 5.69 Å². The lowest BCUT2D eigenvalue weighted by molar-refractivity contribution is 0.101. The van der Waals surface area contributed by atoms with Gasteiger partial charge in [0.2, 0.25) is 0 Å². The molecule has 0 unspecified atom stereocenters. The number of nitrogens with two attached hydrogens (primary N) is 1. The van der Waals surface area contributed by atoms with Gasteiger partial charge in [0, 0.05) is 16.8 Å². The Morgan fingerprint density at radius 2 is 1.90 bits per heavy atom. The number of benzene rings is 2. The van der Waals surface area contributed by atoms with E-state index in [9.17, 15) is 4.79 Å². The van der Waals surface area contributed by atoms with Gasteiger partial charge < -0.3 is 10.7 Å². The molecule has 0 saturated carbocycles. The van der Waals surface area contributed by atoms with Crippen LogP contribution in [0.5, 0.6) is 0 Å². The summed E-state index contributed by atoms with van der Waals surface area (Å²) >= 11 is 0. The van der Waals surface area contributed by atoms with Crippen LogP contribution >= 0.6 is 0 Å². The van der Waals surface area contributed by atoms with Crippen LogP contribution in [0.15, 0.2) is 48.5 Å². The van der Waals surface area contributed by atoms with Crippen molar-refractivity contribution in [1.29, 1.82) is 0 Å². The number of rotatable bonds is 6. The van der Waals surface area contributed by atoms with Crippen LogP contribution in [0.2, 0.25) is 0 Å². The highest BCUT2D eigenvalue weighted by Gasteiger charge is 2.20. The highest BCUT2D eigenvalue weighted by atomic mass is 16.1. The molecule has 0 bridgehead atoms. The Balaban J connectivity index is 1.33. The molecular formula is C23H27N5O. The molecule has 1 saturated heterocycles. The minimum Gasteiger partial charge on any atom is -0.398 e. The van der Waals surface area contributed by atoms with Gasteiger partial charge in [-0.05, 0) is 62.9 Å². The number of anilines is 1. The summed E-state index contributed by atoms with van der Waals surface area (Å²) in [4.78, 5) is 17.3. The molecule has 1 fully saturated rings. The average molecular weight is 390 g/mol. The topological polar surface area (TPSA) is 87.9 Å². The van der Waals surface area contributed by atoms with Gasteiger partial charge in [0.1, 0.15) is 5.82 Å². The van der Waals surface area contributed by atoms with Crippen molar-refractivity contribution in [2.24, 2.45) is 5.92 Å². The molecule has 6 heteroatoms. The lowest BCUT2D eigenvalue weighted by Gasteiger charge is -2.31. The zero-order valence-corrected chi connectivity index (χ0v) is 16.8. The third-order valence-electron chi connectivity index (χ3n) is 5.69. The summed E-state index contributed by atoms with van der Waals surface area (Å²) < 4.78 is 0. The first-order chi connectivity index (χ1) is 14.1. The van der Waals surface area contributed by atoms with Crippen molar-refractivity contribution in [2.75, 3.05) is 18.8 Å². The number of nitrogens with one attached hydrogen (secondary N) is 1. The summed E-state index contributed by atoms with van der Waals surface area (Å²) in [6, 6.07) is 16.1. The van der Waals surface area contributed by atoms with Gasteiger partial charge in [-0.3, -0.25) is 9.69 Å². The van der Waals surface area contributed by atoms with Crippen LogP contribution in [0.25, 0.3) is 11.4 Å². The van der Waals surface area contributed by atoms with Crippen molar-refractivity contribution >= 4 is 11.5 Å². The number of hydrogen-bond donors (Lipinski definition) is 2. The van der Waals surface area contributed by atoms with E-state index in [-0.39, 0.29) is 5.78 Å². The Labute approximate surface area is 171 Å². The maximum absolute atomic E-state index is 11.5. The molecule has 2 heterocycles. The normalized spacial score (nSPS) is 15.5. The van der Waals surface area contributed by atoms with E-state index in [1.807, 2.05) is 6.07 Å². The van der Waals surface area contributed by atoms with Gasteiger partial charge in [0.25, 0.3) is 0 Å². The van der Waals surface area contributed by atoms with Crippen LogP contribution in [-0.4, -0.2) is 39.0 Å². The van der Waals surface area contributed by atoms with Crippen molar-refractivity contribution in [3.63, 3.8) is 0 Å². The lowest BCUT2D eigenvalue weighted by Crippen LogP contribution is -2.34. The molecule has 2 aromatic carbocycles. The summed E-state index contributed by atoms with van der Waals surface area (Å²) in [6.45, 7) is 4.44. The van der Waals surface area contributed by atoms with E-state index in [1.54, 1.807) is 12.1 Å². The number of ketones is 1. The highest BCUT2D eigenvalue weighted by molar-refractivity contribution is 5.99. The molecule has 1 aliphatic heterocycles. The summed E-state index contributed by atoms with van der Waals surface area (Å²) in [5, 5.41) is 8.57. The number of Topliss-reactive ketones (excluding diaryl/α,β-unsaturated/α-hetero) is 1. The molecule has 3 N–H and O–H groups in total. The number of aromatic nitrogens is 3. The average Bonchev–Trinajstić information content (AvgIpc) is 3.18. The van der Waals surface area contributed by atoms with Gasteiger partial charge in [-0.2, -0.15) is 0 Å². The maximum Gasteiger partial charge on any atom is 0.161 e. The molecule has 0 spiro atoms. The van der Waals surface area contributed by atoms with Gasteiger partial charge in [-0.15, -0.1) is 10.2 Å². The van der Waals surface area contributed by atoms with Crippen LogP contribution in [0.3, 0.4) is 0 Å². The Morgan fingerprint density at radius 1 is 1.14 bits per heavy atom. The molecule has 150 valence electrons. The summed E-state index contributed by atoms with van der Waals surface area (Å²) in [7, 11) is 0. The van der Waals surface area contributed by atoms with Crippen molar-refractivity contribution in [3.8, 4) is 11.4 Å². The van der Waals surface area contributed by atoms with Crippen LogP contribution in [-0.2, 0) is 13.0 Å². The number of likely N-dealkylation sites (tertiary alicyclic amines) is 1. The Bertz CT molecular complexity index is 974. The number of nitrogen functional groups attached to an aromatic ring is 1. The molecule has 1 aliphatic rings. The Morgan fingerprint density at radius 3 is 2.59 bits per heavy atom. The zero-order chi connectivity index (χ0) is 20.2. The molecule has 6 nitrogen and oxygen atoms in total. The van der Waals surface area contributed by atoms with E-state index in [4.69, 9.17) is 5.73 Å². The van der Waals surface area contributed by atoms with E-state index < -0.39 is 0 Å². The molecule has 1 aromatic heterocycles. The molecule has 4 rings (SSSR count).